The van der Waals surface area contributed by atoms with E-state index in [4.69, 9.17) is 5.11 Å². The average molecular weight is 356 g/mol. The number of aromatic carboxylic acids is 1. The third-order valence-corrected chi connectivity index (χ3v) is 7.37. The molecule has 0 spiro atoms. The molecule has 3 rings (SSSR count). The topological polar surface area (TPSA) is 77.9 Å². The number of hydrogen-bond donors (Lipinski definition) is 1. The van der Waals surface area contributed by atoms with Crippen molar-refractivity contribution in [3.8, 4) is 0 Å². The summed E-state index contributed by atoms with van der Waals surface area (Å²) in [7, 11) is -0.453. The van der Waals surface area contributed by atoms with Crippen LogP contribution in [0.3, 0.4) is 0 Å². The molecule has 2 aliphatic heterocycles. The van der Waals surface area contributed by atoms with Crippen LogP contribution in [-0.2, 0) is 10.0 Å². The highest BCUT2D eigenvalue weighted by atomic mass is 32.2. The van der Waals surface area contributed by atoms with E-state index in [9.17, 15) is 17.6 Å². The fraction of sp³-hybridized carbons (Fsp3) is 0.562. The second-order valence-corrected chi connectivity index (χ2v) is 8.61. The van der Waals surface area contributed by atoms with Gasteiger partial charge in [0.1, 0.15) is 10.7 Å². The van der Waals surface area contributed by atoms with Gasteiger partial charge in [-0.15, -0.1) is 0 Å². The number of piperidine rings is 1. The van der Waals surface area contributed by atoms with Crippen molar-refractivity contribution in [1.82, 2.24) is 9.21 Å². The van der Waals surface area contributed by atoms with E-state index in [1.165, 1.54) is 11.4 Å². The van der Waals surface area contributed by atoms with Gasteiger partial charge in [0.05, 0.1) is 5.56 Å². The van der Waals surface area contributed by atoms with Gasteiger partial charge < -0.3 is 10.0 Å². The van der Waals surface area contributed by atoms with Gasteiger partial charge in [0.25, 0.3) is 0 Å². The Labute approximate surface area is 140 Å². The van der Waals surface area contributed by atoms with E-state index in [-0.39, 0.29) is 11.6 Å². The van der Waals surface area contributed by atoms with Crippen LogP contribution >= 0.6 is 0 Å². The van der Waals surface area contributed by atoms with Gasteiger partial charge in [-0.25, -0.2) is 17.6 Å². The summed E-state index contributed by atoms with van der Waals surface area (Å²) in [6.07, 6.45) is 3.59. The number of nitrogens with zero attached hydrogens (tertiary/aromatic N) is 2. The zero-order valence-electron chi connectivity index (χ0n) is 13.6. The third kappa shape index (κ3) is 2.82. The van der Waals surface area contributed by atoms with Crippen molar-refractivity contribution in [3.63, 3.8) is 0 Å². The monoisotopic (exact) mass is 356 g/mol. The first-order valence-electron chi connectivity index (χ1n) is 7.94. The Morgan fingerprint density at radius 1 is 1.29 bits per heavy atom. The second kappa shape index (κ2) is 6.09. The van der Waals surface area contributed by atoms with Crippen LogP contribution in [0.25, 0.3) is 0 Å². The molecule has 0 saturated carbocycles. The highest BCUT2D eigenvalue weighted by molar-refractivity contribution is 7.89. The quantitative estimate of drug-likeness (QED) is 0.890. The Morgan fingerprint density at radius 2 is 1.88 bits per heavy atom. The van der Waals surface area contributed by atoms with Crippen molar-refractivity contribution in [3.05, 3.63) is 29.6 Å². The molecule has 2 fully saturated rings. The number of carboxylic acids is 1. The maximum atomic E-state index is 14.2. The lowest BCUT2D eigenvalue weighted by Gasteiger charge is -2.39. The Hall–Kier alpha value is -1.51. The van der Waals surface area contributed by atoms with E-state index in [1.54, 1.807) is 0 Å². The first-order valence-corrected chi connectivity index (χ1v) is 9.38. The van der Waals surface area contributed by atoms with Crippen LogP contribution in [0.1, 0.15) is 36.0 Å². The zero-order valence-corrected chi connectivity index (χ0v) is 14.5. The van der Waals surface area contributed by atoms with E-state index in [0.29, 0.717) is 12.1 Å². The molecule has 1 aromatic rings. The summed E-state index contributed by atoms with van der Waals surface area (Å²) in [5.74, 6) is -2.32. The molecular weight excluding hydrogens is 335 g/mol. The highest BCUT2D eigenvalue weighted by Crippen LogP contribution is 2.37. The number of fused-ring (bicyclic) bond motifs is 2. The van der Waals surface area contributed by atoms with Crippen LogP contribution < -0.4 is 0 Å². The Kier molecular flexibility index (Phi) is 4.39. The first kappa shape index (κ1) is 17.3. The Morgan fingerprint density at radius 3 is 2.38 bits per heavy atom. The van der Waals surface area contributed by atoms with Gasteiger partial charge in [0.15, 0.2) is 0 Å². The zero-order chi connectivity index (χ0) is 17.6. The van der Waals surface area contributed by atoms with Crippen molar-refractivity contribution in [2.75, 3.05) is 14.1 Å². The van der Waals surface area contributed by atoms with Crippen LogP contribution in [0.15, 0.2) is 23.1 Å². The number of benzene rings is 1. The summed E-state index contributed by atoms with van der Waals surface area (Å²) in [6.45, 7) is 0. The average Bonchev–Trinajstić information content (AvgIpc) is 2.75. The summed E-state index contributed by atoms with van der Waals surface area (Å²) in [4.78, 5) is 12.7. The minimum absolute atomic E-state index is 0.165. The van der Waals surface area contributed by atoms with Crippen LogP contribution in [0.2, 0.25) is 0 Å². The molecule has 1 N–H and O–H groups in total. The molecule has 132 valence electrons. The SMILES string of the molecule is CN1C2CCC1CC(N(C)S(=O)(=O)c1ccc(C(=O)O)cc1F)C2. The number of hydrogen-bond acceptors (Lipinski definition) is 4. The number of halogens is 1. The lowest BCUT2D eigenvalue weighted by atomic mass is 9.98. The fourth-order valence-electron chi connectivity index (χ4n) is 3.87. The molecule has 6 nitrogen and oxygen atoms in total. The van der Waals surface area contributed by atoms with Gasteiger partial charge in [0.2, 0.25) is 10.0 Å². The minimum atomic E-state index is -4.00. The largest absolute Gasteiger partial charge is 0.478 e. The number of carboxylic acid groups (broad SMARTS) is 1. The number of rotatable bonds is 4. The Balaban J connectivity index is 1.86. The van der Waals surface area contributed by atoms with Crippen LogP contribution in [-0.4, -0.2) is 60.9 Å². The van der Waals surface area contributed by atoms with Crippen molar-refractivity contribution in [1.29, 1.82) is 0 Å². The van der Waals surface area contributed by atoms with Crippen molar-refractivity contribution in [2.45, 2.75) is 48.7 Å². The van der Waals surface area contributed by atoms with E-state index in [1.807, 2.05) is 0 Å². The molecule has 8 heteroatoms. The summed E-state index contributed by atoms with van der Waals surface area (Å²) in [6, 6.07) is 3.47. The molecule has 2 atom stereocenters. The van der Waals surface area contributed by atoms with E-state index < -0.39 is 26.7 Å². The maximum Gasteiger partial charge on any atom is 0.335 e. The second-order valence-electron chi connectivity index (χ2n) is 6.65. The summed E-state index contributed by atoms with van der Waals surface area (Å²) in [5.41, 5.74) is -0.272. The molecule has 0 aromatic heterocycles. The minimum Gasteiger partial charge on any atom is -0.478 e. The van der Waals surface area contributed by atoms with Gasteiger partial charge in [-0.3, -0.25) is 0 Å². The molecule has 2 heterocycles. The molecule has 0 aliphatic carbocycles. The van der Waals surface area contributed by atoms with Gasteiger partial charge in [-0.2, -0.15) is 4.31 Å². The predicted octanol–water partition coefficient (Wildman–Crippen LogP) is 1.77. The molecule has 2 unspecified atom stereocenters. The maximum absolute atomic E-state index is 14.2. The molecule has 0 amide bonds. The molecular formula is C16H21FN2O4S. The van der Waals surface area contributed by atoms with Gasteiger partial charge >= 0.3 is 5.97 Å². The molecule has 24 heavy (non-hydrogen) atoms. The third-order valence-electron chi connectivity index (χ3n) is 5.42. The summed E-state index contributed by atoms with van der Waals surface area (Å²) in [5, 5.41) is 8.87. The molecule has 2 bridgehead atoms. The first-order chi connectivity index (χ1) is 11.2. The number of carbonyl (C=O) groups is 1. The van der Waals surface area contributed by atoms with E-state index in [0.717, 1.165) is 43.9 Å². The molecule has 2 saturated heterocycles. The molecule has 1 aromatic carbocycles. The normalized spacial score (nSPS) is 27.6. The number of sulfonamides is 1. The fourth-order valence-corrected chi connectivity index (χ4v) is 5.29. The highest BCUT2D eigenvalue weighted by Gasteiger charge is 2.42. The smallest absolute Gasteiger partial charge is 0.335 e. The summed E-state index contributed by atoms with van der Waals surface area (Å²) < 4.78 is 41.0. The van der Waals surface area contributed by atoms with Crippen LogP contribution in [0, 0.1) is 5.82 Å². The van der Waals surface area contributed by atoms with Crippen molar-refractivity contribution < 1.29 is 22.7 Å². The summed E-state index contributed by atoms with van der Waals surface area (Å²) >= 11 is 0. The standard InChI is InChI=1S/C16H21FN2O4S/c1-18-11-4-5-12(18)9-13(8-11)19(2)24(22,23)15-6-3-10(16(20)21)7-14(15)17/h3,6-7,11-13H,4-5,8-9H2,1-2H3,(H,20,21). The van der Waals surface area contributed by atoms with Crippen molar-refractivity contribution in [2.24, 2.45) is 0 Å². The van der Waals surface area contributed by atoms with Crippen LogP contribution in [0.5, 0.6) is 0 Å². The van der Waals surface area contributed by atoms with Crippen LogP contribution in [0.4, 0.5) is 4.39 Å². The van der Waals surface area contributed by atoms with Crippen molar-refractivity contribution >= 4 is 16.0 Å². The molecule has 0 radical (unpaired) electrons. The lowest BCUT2D eigenvalue weighted by molar-refractivity contribution is 0.0696. The van der Waals surface area contributed by atoms with Gasteiger partial charge in [-0.05, 0) is 50.9 Å². The van der Waals surface area contributed by atoms with Gasteiger partial charge in [-0.1, -0.05) is 0 Å². The lowest BCUT2D eigenvalue weighted by Crippen LogP contribution is -2.49. The van der Waals surface area contributed by atoms with Gasteiger partial charge in [0, 0.05) is 25.2 Å². The Bertz CT molecular complexity index is 753. The van der Waals surface area contributed by atoms with E-state index in [2.05, 4.69) is 11.9 Å². The predicted molar refractivity (Wildman–Crippen MR) is 85.9 cm³/mol. The molecule has 2 aliphatic rings. The van der Waals surface area contributed by atoms with E-state index >= 15 is 0 Å².